The van der Waals surface area contributed by atoms with Crippen LogP contribution in [-0.2, 0) is 22.5 Å². The molecule has 2 aromatic carbocycles. The molecule has 2 unspecified atom stereocenters. The van der Waals surface area contributed by atoms with Crippen LogP contribution in [0.1, 0.15) is 81.0 Å². The average Bonchev–Trinajstić information content (AvgIpc) is 3.21. The molecule has 174 valence electrons. The summed E-state index contributed by atoms with van der Waals surface area (Å²) < 4.78 is 9.03. The van der Waals surface area contributed by atoms with Crippen LogP contribution >= 0.6 is 33.9 Å². The Bertz CT molecular complexity index is 1210. The van der Waals surface area contributed by atoms with Gasteiger partial charge in [-0.05, 0) is 76.5 Å². The highest BCUT2D eigenvalue weighted by Gasteiger charge is 2.49. The van der Waals surface area contributed by atoms with Crippen LogP contribution in [0, 0.1) is 5.92 Å². The van der Waals surface area contributed by atoms with Crippen LogP contribution in [0.3, 0.4) is 0 Å². The molecule has 0 radical (unpaired) electrons. The molecule has 1 saturated carbocycles. The molecular formula is C28H33IN2OS. The van der Waals surface area contributed by atoms with Crippen molar-refractivity contribution in [3.8, 4) is 0 Å². The van der Waals surface area contributed by atoms with Crippen LogP contribution in [0.4, 0.5) is 5.69 Å². The van der Waals surface area contributed by atoms with Crippen LogP contribution < -0.4 is 4.90 Å². The maximum absolute atomic E-state index is 6.93. The van der Waals surface area contributed by atoms with Gasteiger partial charge in [-0.2, -0.15) is 0 Å². The molecule has 1 aliphatic carbocycles. The number of rotatable bonds is 2. The van der Waals surface area contributed by atoms with Crippen molar-refractivity contribution in [1.82, 2.24) is 4.98 Å². The monoisotopic (exact) mass is 572 g/mol. The van der Waals surface area contributed by atoms with E-state index < -0.39 is 5.72 Å². The maximum atomic E-state index is 6.93. The first-order valence-electron chi connectivity index (χ1n) is 12.4. The number of nitrogens with zero attached hydrogens (tertiary/aromatic N) is 2. The van der Waals surface area contributed by atoms with Crippen molar-refractivity contribution in [3.05, 3.63) is 58.1 Å². The van der Waals surface area contributed by atoms with E-state index in [1.165, 1.54) is 57.8 Å². The number of hydrogen-bond acceptors (Lipinski definition) is 4. The first kappa shape index (κ1) is 22.3. The summed E-state index contributed by atoms with van der Waals surface area (Å²) in [5.41, 5.74) is 5.64. The molecule has 2 atom stereocenters. The number of alkyl halides is 1. The zero-order chi connectivity index (χ0) is 23.0. The molecule has 0 amide bonds. The van der Waals surface area contributed by atoms with Crippen LogP contribution in [0.2, 0.25) is 0 Å². The van der Waals surface area contributed by atoms with Gasteiger partial charge in [0.15, 0.2) is 5.72 Å². The molecule has 0 bridgehead atoms. The van der Waals surface area contributed by atoms with E-state index in [9.17, 15) is 0 Å². The van der Waals surface area contributed by atoms with E-state index in [1.54, 1.807) is 0 Å². The lowest BCUT2D eigenvalue weighted by Gasteiger charge is -2.55. The summed E-state index contributed by atoms with van der Waals surface area (Å²) in [6.45, 7) is 10.0. The van der Waals surface area contributed by atoms with E-state index in [-0.39, 0.29) is 5.60 Å². The zero-order valence-corrected chi connectivity index (χ0v) is 23.0. The normalized spacial score (nSPS) is 29.3. The van der Waals surface area contributed by atoms with Crippen LogP contribution in [0.25, 0.3) is 10.2 Å². The van der Waals surface area contributed by atoms with Crippen molar-refractivity contribution >= 4 is 49.8 Å². The molecule has 33 heavy (non-hydrogen) atoms. The molecular weight excluding hydrogens is 539 g/mol. The van der Waals surface area contributed by atoms with Gasteiger partial charge in [-0.3, -0.25) is 0 Å². The summed E-state index contributed by atoms with van der Waals surface area (Å²) in [5, 5.41) is 1.34. The number of halogens is 1. The molecule has 3 aromatic rings. The number of benzene rings is 2. The number of thiazole rings is 1. The van der Waals surface area contributed by atoms with E-state index in [0.29, 0.717) is 5.92 Å². The second-order valence-electron chi connectivity index (χ2n) is 10.8. The Balaban J connectivity index is 1.40. The Morgan fingerprint density at radius 3 is 2.61 bits per heavy atom. The Labute approximate surface area is 215 Å². The molecule has 3 nitrogen and oxygen atoms in total. The highest BCUT2D eigenvalue weighted by Crippen LogP contribution is 2.53. The second kappa shape index (κ2) is 7.92. The SMILES string of the molecule is CC(I)C1CCC(c2nc3cc4c(cc3s2)N2CCc3ccccc3C2(C)OC4(C)C)CC1. The van der Waals surface area contributed by atoms with Gasteiger partial charge < -0.3 is 9.64 Å². The van der Waals surface area contributed by atoms with Gasteiger partial charge in [-0.15, -0.1) is 11.3 Å². The van der Waals surface area contributed by atoms with Crippen LogP contribution in [0.5, 0.6) is 0 Å². The van der Waals surface area contributed by atoms with Gasteiger partial charge in [-0.1, -0.05) is 53.8 Å². The summed E-state index contributed by atoms with van der Waals surface area (Å²) in [6.07, 6.45) is 6.31. The van der Waals surface area contributed by atoms with E-state index in [1.807, 2.05) is 11.3 Å². The standard InChI is InChI=1S/C28H33IN2OS/c1-17(29)18-9-11-20(12-10-18)26-30-23-15-22-24(16-25(23)33-26)31-14-13-19-7-5-6-8-21(19)28(31,4)32-27(22,2)3/h5-8,15-18,20H,9-14H2,1-4H3. The minimum atomic E-state index is -0.443. The van der Waals surface area contributed by atoms with Crippen molar-refractivity contribution in [2.75, 3.05) is 11.4 Å². The van der Waals surface area contributed by atoms with Crippen molar-refractivity contribution in [3.63, 3.8) is 0 Å². The Hall–Kier alpha value is -1.18. The molecule has 0 spiro atoms. The quantitative estimate of drug-likeness (QED) is 0.231. The lowest BCUT2D eigenvalue weighted by atomic mass is 9.81. The fourth-order valence-corrected chi connectivity index (χ4v) is 8.35. The van der Waals surface area contributed by atoms with Gasteiger partial charge in [0, 0.05) is 33.2 Å². The third-order valence-corrected chi connectivity index (χ3v) is 10.5. The number of anilines is 1. The van der Waals surface area contributed by atoms with Crippen molar-refractivity contribution in [2.24, 2.45) is 5.92 Å². The van der Waals surface area contributed by atoms with E-state index >= 15 is 0 Å². The van der Waals surface area contributed by atoms with E-state index in [2.05, 4.69) is 91.6 Å². The minimum Gasteiger partial charge on any atom is -0.341 e. The highest BCUT2D eigenvalue weighted by molar-refractivity contribution is 14.1. The highest BCUT2D eigenvalue weighted by atomic mass is 127. The lowest BCUT2D eigenvalue weighted by molar-refractivity contribution is -0.155. The topological polar surface area (TPSA) is 25.4 Å². The predicted octanol–water partition coefficient (Wildman–Crippen LogP) is 7.89. The Morgan fingerprint density at radius 1 is 1.09 bits per heavy atom. The first-order valence-corrected chi connectivity index (χ1v) is 14.5. The molecule has 3 heterocycles. The van der Waals surface area contributed by atoms with Gasteiger partial charge in [0.2, 0.25) is 0 Å². The number of ether oxygens (including phenoxy) is 1. The predicted molar refractivity (Wildman–Crippen MR) is 147 cm³/mol. The van der Waals surface area contributed by atoms with Crippen LogP contribution in [-0.4, -0.2) is 15.5 Å². The third-order valence-electron chi connectivity index (χ3n) is 8.32. The van der Waals surface area contributed by atoms with Gasteiger partial charge in [-0.25, -0.2) is 4.98 Å². The largest absolute Gasteiger partial charge is 0.341 e. The summed E-state index contributed by atoms with van der Waals surface area (Å²) >= 11 is 4.54. The van der Waals surface area contributed by atoms with Gasteiger partial charge in [0.05, 0.1) is 20.8 Å². The minimum absolute atomic E-state index is 0.377. The molecule has 1 aromatic heterocycles. The Kier molecular flexibility index (Phi) is 5.35. The fraction of sp³-hybridized carbons (Fsp3) is 0.536. The summed E-state index contributed by atoms with van der Waals surface area (Å²) in [4.78, 5) is 7.68. The number of hydrogen-bond donors (Lipinski definition) is 0. The zero-order valence-electron chi connectivity index (χ0n) is 20.0. The van der Waals surface area contributed by atoms with E-state index in [0.717, 1.165) is 28.3 Å². The van der Waals surface area contributed by atoms with Gasteiger partial charge in [0.25, 0.3) is 0 Å². The number of aromatic nitrogens is 1. The Morgan fingerprint density at radius 2 is 1.85 bits per heavy atom. The summed E-state index contributed by atoms with van der Waals surface area (Å²) in [7, 11) is 0. The molecule has 2 aliphatic heterocycles. The number of fused-ring (bicyclic) bond motifs is 6. The molecule has 6 rings (SSSR count). The van der Waals surface area contributed by atoms with Crippen molar-refractivity contribution < 1.29 is 4.74 Å². The lowest BCUT2D eigenvalue weighted by Crippen LogP contribution is -2.57. The first-order chi connectivity index (χ1) is 15.8. The molecule has 5 heteroatoms. The summed E-state index contributed by atoms with van der Waals surface area (Å²) in [6, 6.07) is 13.5. The van der Waals surface area contributed by atoms with Gasteiger partial charge in [0.1, 0.15) is 0 Å². The molecule has 3 aliphatic rings. The van der Waals surface area contributed by atoms with Gasteiger partial charge >= 0.3 is 0 Å². The van der Waals surface area contributed by atoms with Crippen LogP contribution in [0.15, 0.2) is 36.4 Å². The molecule has 1 fully saturated rings. The van der Waals surface area contributed by atoms with Crippen molar-refractivity contribution in [2.45, 2.75) is 81.0 Å². The fourth-order valence-electron chi connectivity index (χ4n) is 6.48. The maximum Gasteiger partial charge on any atom is 0.165 e. The average molecular weight is 573 g/mol. The van der Waals surface area contributed by atoms with Crippen molar-refractivity contribution in [1.29, 1.82) is 0 Å². The smallest absolute Gasteiger partial charge is 0.165 e. The molecule has 0 N–H and O–H groups in total. The third kappa shape index (κ3) is 3.56. The second-order valence-corrected chi connectivity index (χ2v) is 13.9. The van der Waals surface area contributed by atoms with E-state index in [4.69, 9.17) is 9.72 Å². The molecule has 0 saturated heterocycles. The summed E-state index contributed by atoms with van der Waals surface area (Å²) in [5.74, 6) is 1.50.